The van der Waals surface area contributed by atoms with Gasteiger partial charge in [-0.05, 0) is 64.0 Å². The highest BCUT2D eigenvalue weighted by molar-refractivity contribution is 6.29. The van der Waals surface area contributed by atoms with Crippen LogP contribution in [-0.4, -0.2) is 0 Å². The molecule has 1 aromatic heterocycles. The van der Waals surface area contributed by atoms with Gasteiger partial charge >= 0.3 is 0 Å². The zero-order valence-corrected chi connectivity index (χ0v) is 19.5. The van der Waals surface area contributed by atoms with Gasteiger partial charge in [0.05, 0.1) is 5.69 Å². The Morgan fingerprint density at radius 1 is 0.389 bits per heavy atom. The molecule has 0 bridgehead atoms. The van der Waals surface area contributed by atoms with Crippen LogP contribution >= 0.6 is 0 Å². The maximum absolute atomic E-state index is 6.58. The number of furan rings is 1. The molecule has 1 heterocycles. The van der Waals surface area contributed by atoms with E-state index in [1.54, 1.807) is 0 Å². The maximum Gasteiger partial charge on any atom is 0.138 e. The summed E-state index contributed by atoms with van der Waals surface area (Å²) in [6, 6.07) is 45.3. The third kappa shape index (κ3) is 2.67. The van der Waals surface area contributed by atoms with E-state index in [1.165, 1.54) is 43.8 Å². The first kappa shape index (κ1) is 19.5. The molecular weight excluding hydrogens is 438 g/mol. The quantitative estimate of drug-likeness (QED) is 0.261. The van der Waals surface area contributed by atoms with Crippen LogP contribution in [0.4, 0.5) is 17.1 Å². The van der Waals surface area contributed by atoms with Gasteiger partial charge in [-0.1, -0.05) is 84.9 Å². The first-order valence-electron chi connectivity index (χ1n) is 12.3. The molecule has 168 valence electrons. The van der Waals surface area contributed by atoms with Crippen molar-refractivity contribution in [3.63, 3.8) is 0 Å². The van der Waals surface area contributed by atoms with Crippen LogP contribution in [0.1, 0.15) is 0 Å². The van der Waals surface area contributed by atoms with E-state index in [4.69, 9.17) is 4.42 Å². The Kier molecular flexibility index (Phi) is 3.97. The van der Waals surface area contributed by atoms with Crippen molar-refractivity contribution in [2.75, 3.05) is 4.90 Å². The number of hydrogen-bond acceptors (Lipinski definition) is 2. The zero-order valence-electron chi connectivity index (χ0n) is 19.5. The summed E-state index contributed by atoms with van der Waals surface area (Å²) in [5, 5.41) is 4.92. The highest BCUT2D eigenvalue weighted by Crippen LogP contribution is 2.51. The van der Waals surface area contributed by atoms with E-state index in [-0.39, 0.29) is 0 Å². The lowest BCUT2D eigenvalue weighted by Gasteiger charge is -2.26. The molecule has 8 rings (SSSR count). The number of nitrogens with zero attached hydrogens (tertiary/aromatic N) is 1. The summed E-state index contributed by atoms with van der Waals surface area (Å²) in [6.45, 7) is 0. The summed E-state index contributed by atoms with van der Waals surface area (Å²) in [7, 11) is 0. The number of rotatable bonds is 3. The van der Waals surface area contributed by atoms with Crippen molar-refractivity contribution in [1.29, 1.82) is 0 Å². The number of benzene rings is 6. The van der Waals surface area contributed by atoms with E-state index < -0.39 is 0 Å². The van der Waals surface area contributed by atoms with Crippen LogP contribution in [0.2, 0.25) is 0 Å². The molecule has 0 aliphatic heterocycles. The fourth-order valence-corrected chi connectivity index (χ4v) is 5.87. The monoisotopic (exact) mass is 459 g/mol. The first-order chi connectivity index (χ1) is 17.9. The summed E-state index contributed by atoms with van der Waals surface area (Å²) in [4.78, 5) is 2.30. The van der Waals surface area contributed by atoms with Gasteiger partial charge in [0, 0.05) is 33.6 Å². The number of hydrogen-bond donors (Lipinski definition) is 0. The second-order valence-corrected chi connectivity index (χ2v) is 9.36. The largest absolute Gasteiger partial charge is 0.456 e. The summed E-state index contributed by atoms with van der Waals surface area (Å²) >= 11 is 0. The first-order valence-corrected chi connectivity index (χ1v) is 12.3. The number of fused-ring (bicyclic) bond motifs is 3. The summed E-state index contributed by atoms with van der Waals surface area (Å²) in [5.74, 6) is 0. The molecular formula is C34H21NO. The van der Waals surface area contributed by atoms with Crippen LogP contribution in [0, 0.1) is 0 Å². The highest BCUT2D eigenvalue weighted by atomic mass is 16.3. The minimum atomic E-state index is 0.911. The smallest absolute Gasteiger partial charge is 0.138 e. The molecule has 6 aromatic carbocycles. The van der Waals surface area contributed by atoms with E-state index in [1.807, 2.05) is 0 Å². The van der Waals surface area contributed by atoms with Gasteiger partial charge in [0.25, 0.3) is 0 Å². The summed E-state index contributed by atoms with van der Waals surface area (Å²) in [5.41, 5.74) is 10.1. The van der Waals surface area contributed by atoms with Crippen LogP contribution < -0.4 is 4.90 Å². The van der Waals surface area contributed by atoms with Gasteiger partial charge in [-0.3, -0.25) is 0 Å². The lowest BCUT2D eigenvalue weighted by Crippen LogP contribution is -2.09. The van der Waals surface area contributed by atoms with Crippen LogP contribution in [0.15, 0.2) is 132 Å². The SMILES string of the molecule is c1ccc(N(c2ccccc2)c2cc3c4c(c2)oc2ccc5cccc(c5c24)-c2ccccc2-3)cc1. The van der Waals surface area contributed by atoms with Crippen molar-refractivity contribution in [3.8, 4) is 22.3 Å². The van der Waals surface area contributed by atoms with Crippen molar-refractivity contribution in [3.05, 3.63) is 127 Å². The van der Waals surface area contributed by atoms with Crippen molar-refractivity contribution in [2.45, 2.75) is 0 Å². The van der Waals surface area contributed by atoms with Gasteiger partial charge in [-0.2, -0.15) is 0 Å². The second kappa shape index (κ2) is 7.34. The van der Waals surface area contributed by atoms with E-state index in [9.17, 15) is 0 Å². The van der Waals surface area contributed by atoms with Gasteiger partial charge in [0.1, 0.15) is 11.2 Å². The molecule has 0 N–H and O–H groups in total. The Morgan fingerprint density at radius 3 is 1.75 bits per heavy atom. The minimum Gasteiger partial charge on any atom is -0.456 e. The molecule has 1 aliphatic carbocycles. The average molecular weight is 460 g/mol. The average Bonchev–Trinajstić information content (AvgIpc) is 3.26. The topological polar surface area (TPSA) is 16.4 Å². The third-order valence-corrected chi connectivity index (χ3v) is 7.36. The molecule has 2 heteroatoms. The number of para-hydroxylation sites is 2. The molecule has 2 nitrogen and oxygen atoms in total. The standard InChI is InChI=1S/C34H21NO/c1-3-11-23(12-4-1)35(24-13-5-2-6-14-24)25-20-29-27-16-8-7-15-26(27)28-17-9-10-22-18-19-30-34(32(22)28)33(29)31(21-25)36-30/h1-21H. The molecule has 7 aromatic rings. The summed E-state index contributed by atoms with van der Waals surface area (Å²) in [6.07, 6.45) is 0. The van der Waals surface area contributed by atoms with Crippen LogP contribution in [0.5, 0.6) is 0 Å². The Hall–Kier alpha value is -4.82. The van der Waals surface area contributed by atoms with E-state index in [0.29, 0.717) is 0 Å². The molecule has 0 amide bonds. The van der Waals surface area contributed by atoms with Crippen LogP contribution in [0.3, 0.4) is 0 Å². The molecule has 0 saturated heterocycles. The molecule has 0 fully saturated rings. The third-order valence-electron chi connectivity index (χ3n) is 7.36. The molecule has 0 spiro atoms. The van der Waals surface area contributed by atoms with Crippen molar-refractivity contribution >= 4 is 49.8 Å². The van der Waals surface area contributed by atoms with Crippen molar-refractivity contribution in [1.82, 2.24) is 0 Å². The molecule has 1 aliphatic rings. The Bertz CT molecular complexity index is 1890. The second-order valence-electron chi connectivity index (χ2n) is 9.36. The van der Waals surface area contributed by atoms with Gasteiger partial charge in [-0.15, -0.1) is 0 Å². The maximum atomic E-state index is 6.58. The summed E-state index contributed by atoms with van der Waals surface area (Å²) < 4.78 is 6.58. The predicted octanol–water partition coefficient (Wildman–Crippen LogP) is 9.86. The Balaban J connectivity index is 1.53. The molecule has 0 saturated carbocycles. The normalized spacial score (nSPS) is 11.9. The number of anilines is 3. The van der Waals surface area contributed by atoms with Crippen LogP contribution in [0.25, 0.3) is 55.0 Å². The molecule has 0 radical (unpaired) electrons. The van der Waals surface area contributed by atoms with Gasteiger partial charge < -0.3 is 9.32 Å². The van der Waals surface area contributed by atoms with Gasteiger partial charge in [-0.25, -0.2) is 0 Å². The predicted molar refractivity (Wildman–Crippen MR) is 150 cm³/mol. The lowest BCUT2D eigenvalue weighted by molar-refractivity contribution is 0.669. The van der Waals surface area contributed by atoms with Gasteiger partial charge in [0.15, 0.2) is 0 Å². The van der Waals surface area contributed by atoms with Crippen molar-refractivity contribution < 1.29 is 4.42 Å². The Morgan fingerprint density at radius 2 is 1.03 bits per heavy atom. The fourth-order valence-electron chi connectivity index (χ4n) is 5.87. The van der Waals surface area contributed by atoms with E-state index >= 15 is 0 Å². The van der Waals surface area contributed by atoms with Crippen molar-refractivity contribution in [2.24, 2.45) is 0 Å². The highest BCUT2D eigenvalue weighted by Gasteiger charge is 2.25. The lowest BCUT2D eigenvalue weighted by atomic mass is 9.93. The zero-order chi connectivity index (χ0) is 23.6. The Labute approximate surface area is 208 Å². The van der Waals surface area contributed by atoms with E-state index in [2.05, 4.69) is 132 Å². The molecule has 0 atom stereocenters. The molecule has 36 heavy (non-hydrogen) atoms. The minimum absolute atomic E-state index is 0.911. The van der Waals surface area contributed by atoms with E-state index in [0.717, 1.165) is 28.2 Å². The van der Waals surface area contributed by atoms with Gasteiger partial charge in [0.2, 0.25) is 0 Å². The fraction of sp³-hybridized carbons (Fsp3) is 0. The van der Waals surface area contributed by atoms with Crippen LogP contribution in [-0.2, 0) is 0 Å². The molecule has 0 unspecified atom stereocenters.